The van der Waals surface area contributed by atoms with Gasteiger partial charge in [-0.1, -0.05) is 146 Å². The molecule has 220 valence electrons. The molecule has 5 heteroatoms. The summed E-state index contributed by atoms with van der Waals surface area (Å²) in [6.45, 7) is 0. The zero-order valence-electron chi connectivity index (χ0n) is 25.2. The van der Waals surface area contributed by atoms with Crippen LogP contribution in [0.2, 0.25) is 0 Å². The van der Waals surface area contributed by atoms with E-state index in [0.29, 0.717) is 23.4 Å². The summed E-state index contributed by atoms with van der Waals surface area (Å²) in [5.41, 5.74) is 7.37. The van der Waals surface area contributed by atoms with Crippen molar-refractivity contribution in [2.24, 2.45) is 0 Å². The number of oxazole rings is 1. The van der Waals surface area contributed by atoms with Gasteiger partial charge >= 0.3 is 0 Å². The SMILES string of the molecule is c1ccc(-c2nc(-c3ccccc3)nc(-c3ccc(-c4cccc5oc(-c6cc7ccccc7c7ccccc67)nc45)cc3)n2)cc1. The topological polar surface area (TPSA) is 64.7 Å². The molecule has 9 rings (SSSR count). The van der Waals surface area contributed by atoms with E-state index in [-0.39, 0.29) is 0 Å². The Labute approximate surface area is 270 Å². The van der Waals surface area contributed by atoms with Crippen LogP contribution in [0.4, 0.5) is 0 Å². The maximum Gasteiger partial charge on any atom is 0.227 e. The molecular formula is C42H26N4O. The van der Waals surface area contributed by atoms with E-state index in [1.807, 2.05) is 72.8 Å². The van der Waals surface area contributed by atoms with E-state index in [2.05, 4.69) is 84.9 Å². The Bertz CT molecular complexity index is 2500. The molecule has 0 spiro atoms. The van der Waals surface area contributed by atoms with Crippen molar-refractivity contribution in [1.29, 1.82) is 0 Å². The van der Waals surface area contributed by atoms with Crippen molar-refractivity contribution in [2.45, 2.75) is 0 Å². The minimum Gasteiger partial charge on any atom is -0.436 e. The molecular weight excluding hydrogens is 576 g/mol. The molecule has 2 heterocycles. The molecule has 0 N–H and O–H groups in total. The third kappa shape index (κ3) is 4.82. The lowest BCUT2D eigenvalue weighted by atomic mass is 9.97. The van der Waals surface area contributed by atoms with Crippen LogP contribution in [0, 0.1) is 0 Å². The van der Waals surface area contributed by atoms with E-state index in [0.717, 1.165) is 55.3 Å². The fraction of sp³-hybridized carbons (Fsp3) is 0. The first kappa shape index (κ1) is 26.9. The number of fused-ring (bicyclic) bond motifs is 4. The molecule has 7 aromatic carbocycles. The molecule has 5 nitrogen and oxygen atoms in total. The third-order valence-corrected chi connectivity index (χ3v) is 8.57. The van der Waals surface area contributed by atoms with Gasteiger partial charge in [0.25, 0.3) is 0 Å². The third-order valence-electron chi connectivity index (χ3n) is 8.57. The Morgan fingerprint density at radius 3 is 1.55 bits per heavy atom. The highest BCUT2D eigenvalue weighted by molar-refractivity contribution is 6.13. The predicted octanol–water partition coefficient (Wildman–Crippen LogP) is 10.7. The summed E-state index contributed by atoms with van der Waals surface area (Å²) in [4.78, 5) is 19.7. The van der Waals surface area contributed by atoms with Crippen LogP contribution in [0.1, 0.15) is 0 Å². The minimum absolute atomic E-state index is 0.609. The summed E-state index contributed by atoms with van der Waals surface area (Å²) in [7, 11) is 0. The van der Waals surface area contributed by atoms with Crippen LogP contribution in [0.15, 0.2) is 162 Å². The monoisotopic (exact) mass is 602 g/mol. The van der Waals surface area contributed by atoms with Gasteiger partial charge in [0, 0.05) is 27.8 Å². The fourth-order valence-corrected chi connectivity index (χ4v) is 6.26. The highest BCUT2D eigenvalue weighted by Crippen LogP contribution is 2.38. The average molecular weight is 603 g/mol. The van der Waals surface area contributed by atoms with Gasteiger partial charge < -0.3 is 4.42 Å². The molecule has 0 amide bonds. The molecule has 0 aliphatic heterocycles. The molecule has 0 atom stereocenters. The van der Waals surface area contributed by atoms with Crippen molar-refractivity contribution in [3.8, 4) is 56.7 Å². The first-order valence-corrected chi connectivity index (χ1v) is 15.6. The van der Waals surface area contributed by atoms with Gasteiger partial charge in [0.1, 0.15) is 5.52 Å². The Balaban J connectivity index is 1.13. The normalized spacial score (nSPS) is 11.4. The number of hydrogen-bond acceptors (Lipinski definition) is 5. The van der Waals surface area contributed by atoms with Gasteiger partial charge in [-0.25, -0.2) is 19.9 Å². The van der Waals surface area contributed by atoms with Gasteiger partial charge in [0.15, 0.2) is 23.1 Å². The summed E-state index contributed by atoms with van der Waals surface area (Å²) in [5.74, 6) is 2.51. The molecule has 0 bridgehead atoms. The van der Waals surface area contributed by atoms with E-state index in [1.165, 1.54) is 10.8 Å². The molecule has 2 aromatic heterocycles. The van der Waals surface area contributed by atoms with Gasteiger partial charge in [0.2, 0.25) is 5.89 Å². The second kappa shape index (κ2) is 11.2. The van der Waals surface area contributed by atoms with Gasteiger partial charge in [0.05, 0.1) is 0 Å². The van der Waals surface area contributed by atoms with E-state index >= 15 is 0 Å². The lowest BCUT2D eigenvalue weighted by Crippen LogP contribution is -2.00. The Morgan fingerprint density at radius 2 is 0.894 bits per heavy atom. The van der Waals surface area contributed by atoms with Gasteiger partial charge in [-0.2, -0.15) is 0 Å². The van der Waals surface area contributed by atoms with Gasteiger partial charge in [-0.15, -0.1) is 0 Å². The second-order valence-electron chi connectivity index (χ2n) is 11.5. The number of nitrogens with zero attached hydrogens (tertiary/aromatic N) is 4. The van der Waals surface area contributed by atoms with E-state index in [4.69, 9.17) is 24.4 Å². The zero-order chi connectivity index (χ0) is 31.2. The number of para-hydroxylation sites is 1. The van der Waals surface area contributed by atoms with Crippen LogP contribution in [0.5, 0.6) is 0 Å². The molecule has 47 heavy (non-hydrogen) atoms. The maximum absolute atomic E-state index is 6.44. The van der Waals surface area contributed by atoms with E-state index in [9.17, 15) is 0 Å². The molecule has 0 saturated heterocycles. The van der Waals surface area contributed by atoms with E-state index in [1.54, 1.807) is 0 Å². The largest absolute Gasteiger partial charge is 0.436 e. The Kier molecular flexibility index (Phi) is 6.39. The number of rotatable bonds is 5. The summed E-state index contributed by atoms with van der Waals surface area (Å²) < 4.78 is 6.44. The smallest absolute Gasteiger partial charge is 0.227 e. The first-order valence-electron chi connectivity index (χ1n) is 15.6. The first-order chi connectivity index (χ1) is 23.3. The standard InChI is InChI=1S/C42H26N4O/c1-3-12-28(13-4-1)39-44-40(29-14-5-2-6-15-29)46-41(45-39)30-24-22-27(23-25-30)33-20-11-21-37-38(33)43-42(47-37)36-26-31-16-7-8-17-32(31)34-18-9-10-19-35(34)36/h1-26H. The summed E-state index contributed by atoms with van der Waals surface area (Å²) in [6.07, 6.45) is 0. The molecule has 0 fully saturated rings. The summed E-state index contributed by atoms with van der Waals surface area (Å²) >= 11 is 0. The predicted molar refractivity (Wildman–Crippen MR) is 190 cm³/mol. The second-order valence-corrected chi connectivity index (χ2v) is 11.5. The summed E-state index contributed by atoms with van der Waals surface area (Å²) in [5, 5.41) is 4.67. The molecule has 0 saturated carbocycles. The van der Waals surface area contributed by atoms with Gasteiger partial charge in [-0.3, -0.25) is 0 Å². The number of benzene rings is 7. The van der Waals surface area contributed by atoms with Crippen molar-refractivity contribution in [2.75, 3.05) is 0 Å². The van der Waals surface area contributed by atoms with Crippen LogP contribution >= 0.6 is 0 Å². The Morgan fingerprint density at radius 1 is 0.362 bits per heavy atom. The lowest BCUT2D eigenvalue weighted by Gasteiger charge is -2.09. The molecule has 0 radical (unpaired) electrons. The van der Waals surface area contributed by atoms with Crippen LogP contribution in [-0.4, -0.2) is 19.9 Å². The molecule has 9 aromatic rings. The molecule has 0 unspecified atom stereocenters. The van der Waals surface area contributed by atoms with Crippen molar-refractivity contribution in [3.63, 3.8) is 0 Å². The number of hydrogen-bond donors (Lipinski definition) is 0. The van der Waals surface area contributed by atoms with Crippen LogP contribution in [0.25, 0.3) is 89.4 Å². The van der Waals surface area contributed by atoms with Crippen LogP contribution in [-0.2, 0) is 0 Å². The highest BCUT2D eigenvalue weighted by atomic mass is 16.3. The quantitative estimate of drug-likeness (QED) is 0.183. The van der Waals surface area contributed by atoms with Crippen LogP contribution < -0.4 is 0 Å². The molecule has 0 aliphatic carbocycles. The number of aromatic nitrogens is 4. The van der Waals surface area contributed by atoms with Crippen molar-refractivity contribution >= 4 is 32.6 Å². The maximum atomic E-state index is 6.44. The lowest BCUT2D eigenvalue weighted by molar-refractivity contribution is 0.621. The van der Waals surface area contributed by atoms with E-state index < -0.39 is 0 Å². The van der Waals surface area contributed by atoms with Crippen molar-refractivity contribution in [3.05, 3.63) is 158 Å². The van der Waals surface area contributed by atoms with Crippen molar-refractivity contribution in [1.82, 2.24) is 19.9 Å². The zero-order valence-corrected chi connectivity index (χ0v) is 25.2. The highest BCUT2D eigenvalue weighted by Gasteiger charge is 2.17. The van der Waals surface area contributed by atoms with Gasteiger partial charge in [-0.05, 0) is 39.2 Å². The average Bonchev–Trinajstić information content (AvgIpc) is 3.60. The summed E-state index contributed by atoms with van der Waals surface area (Å²) in [6, 6.07) is 53.5. The minimum atomic E-state index is 0.609. The van der Waals surface area contributed by atoms with Crippen molar-refractivity contribution < 1.29 is 4.42 Å². The van der Waals surface area contributed by atoms with Crippen LogP contribution in [0.3, 0.4) is 0 Å². The molecule has 0 aliphatic rings. The fourth-order valence-electron chi connectivity index (χ4n) is 6.26. The Hall–Kier alpha value is -6.46.